The fraction of sp³-hybridized carbons (Fsp3) is 0.200. The highest BCUT2D eigenvalue weighted by Gasteiger charge is 2.14. The zero-order chi connectivity index (χ0) is 18.1. The van der Waals surface area contributed by atoms with Crippen molar-refractivity contribution in [3.8, 4) is 0 Å². The van der Waals surface area contributed by atoms with Crippen LogP contribution < -0.4 is 10.6 Å². The lowest BCUT2D eigenvalue weighted by atomic mass is 10.1. The van der Waals surface area contributed by atoms with E-state index in [0.29, 0.717) is 12.1 Å². The number of unbranched alkanes of at least 4 members (excludes halogenated alkanes) is 1. The van der Waals surface area contributed by atoms with Crippen molar-refractivity contribution in [2.24, 2.45) is 0 Å². The molecule has 5 heteroatoms. The van der Waals surface area contributed by atoms with Crippen LogP contribution in [0.4, 0.5) is 0 Å². The summed E-state index contributed by atoms with van der Waals surface area (Å²) < 4.78 is 0.904. The molecule has 0 saturated heterocycles. The second-order valence-electron chi connectivity index (χ2n) is 5.54. The van der Waals surface area contributed by atoms with Gasteiger partial charge in [0.2, 0.25) is 0 Å². The van der Waals surface area contributed by atoms with E-state index in [9.17, 15) is 9.59 Å². The Labute approximate surface area is 156 Å². The molecule has 0 radical (unpaired) electrons. The second-order valence-corrected chi connectivity index (χ2v) is 6.46. The van der Waals surface area contributed by atoms with E-state index in [1.54, 1.807) is 30.3 Å². The maximum Gasteiger partial charge on any atom is 0.267 e. The fourth-order valence-corrected chi connectivity index (χ4v) is 2.60. The van der Waals surface area contributed by atoms with E-state index in [4.69, 9.17) is 0 Å². The van der Waals surface area contributed by atoms with Crippen molar-refractivity contribution in [3.05, 3.63) is 75.9 Å². The highest BCUT2D eigenvalue weighted by atomic mass is 79.9. The quantitative estimate of drug-likeness (QED) is 0.541. The van der Waals surface area contributed by atoms with Crippen LogP contribution in [0.3, 0.4) is 0 Å². The maximum absolute atomic E-state index is 12.5. The summed E-state index contributed by atoms with van der Waals surface area (Å²) in [6, 6.07) is 16.4. The molecule has 130 valence electrons. The Hall–Kier alpha value is -2.40. The third-order valence-corrected chi connectivity index (χ3v) is 4.00. The average molecular weight is 401 g/mol. The second kappa shape index (κ2) is 9.79. The number of hydrogen-bond acceptors (Lipinski definition) is 2. The summed E-state index contributed by atoms with van der Waals surface area (Å²) in [6.45, 7) is 2.63. The van der Waals surface area contributed by atoms with E-state index in [1.807, 2.05) is 30.3 Å². The lowest BCUT2D eigenvalue weighted by Gasteiger charge is -2.11. The lowest BCUT2D eigenvalue weighted by Crippen LogP contribution is -2.35. The Morgan fingerprint density at radius 1 is 1.08 bits per heavy atom. The van der Waals surface area contributed by atoms with Gasteiger partial charge in [-0.15, -0.1) is 0 Å². The van der Waals surface area contributed by atoms with Crippen LogP contribution in [-0.2, 0) is 4.79 Å². The molecule has 0 aliphatic rings. The molecule has 0 fully saturated rings. The fourth-order valence-electron chi connectivity index (χ4n) is 2.18. The first kappa shape index (κ1) is 18.9. The molecule has 2 aromatic carbocycles. The molecule has 0 unspecified atom stereocenters. The molecule has 2 amide bonds. The number of amides is 2. The Bertz CT molecular complexity index is 757. The van der Waals surface area contributed by atoms with Crippen molar-refractivity contribution in [1.82, 2.24) is 10.6 Å². The maximum atomic E-state index is 12.5. The average Bonchev–Trinajstić information content (AvgIpc) is 2.62. The number of benzene rings is 2. The van der Waals surface area contributed by atoms with Crippen molar-refractivity contribution in [2.75, 3.05) is 6.54 Å². The summed E-state index contributed by atoms with van der Waals surface area (Å²) in [4.78, 5) is 24.9. The van der Waals surface area contributed by atoms with E-state index < -0.39 is 0 Å². The topological polar surface area (TPSA) is 58.2 Å². The van der Waals surface area contributed by atoms with Crippen LogP contribution in [-0.4, -0.2) is 18.4 Å². The molecule has 0 bridgehead atoms. The van der Waals surface area contributed by atoms with Crippen molar-refractivity contribution < 1.29 is 9.59 Å². The Morgan fingerprint density at radius 3 is 2.52 bits per heavy atom. The van der Waals surface area contributed by atoms with Gasteiger partial charge < -0.3 is 10.6 Å². The summed E-state index contributed by atoms with van der Waals surface area (Å²) in [5.74, 6) is -0.606. The predicted molar refractivity (Wildman–Crippen MR) is 104 cm³/mol. The molecule has 0 spiro atoms. The van der Waals surface area contributed by atoms with Crippen molar-refractivity contribution in [3.63, 3.8) is 0 Å². The van der Waals surface area contributed by atoms with Gasteiger partial charge in [-0.1, -0.05) is 59.6 Å². The van der Waals surface area contributed by atoms with E-state index >= 15 is 0 Å². The summed E-state index contributed by atoms with van der Waals surface area (Å²) in [5, 5.41) is 5.56. The van der Waals surface area contributed by atoms with Crippen molar-refractivity contribution in [2.45, 2.75) is 19.8 Å². The van der Waals surface area contributed by atoms with Gasteiger partial charge >= 0.3 is 0 Å². The van der Waals surface area contributed by atoms with Crippen LogP contribution in [0.5, 0.6) is 0 Å². The zero-order valence-electron chi connectivity index (χ0n) is 14.1. The minimum atomic E-state index is -0.313. The van der Waals surface area contributed by atoms with Crippen LogP contribution >= 0.6 is 15.9 Å². The van der Waals surface area contributed by atoms with Gasteiger partial charge in [0.1, 0.15) is 5.70 Å². The first-order valence-corrected chi connectivity index (χ1v) is 9.01. The normalized spacial score (nSPS) is 11.0. The van der Waals surface area contributed by atoms with E-state index in [0.717, 1.165) is 22.9 Å². The van der Waals surface area contributed by atoms with Crippen LogP contribution in [0.15, 0.2) is 64.8 Å². The van der Waals surface area contributed by atoms with Gasteiger partial charge in [0.25, 0.3) is 11.8 Å². The zero-order valence-corrected chi connectivity index (χ0v) is 15.7. The van der Waals surface area contributed by atoms with Gasteiger partial charge in [-0.2, -0.15) is 0 Å². The van der Waals surface area contributed by atoms with E-state index in [-0.39, 0.29) is 17.5 Å². The number of nitrogens with one attached hydrogen (secondary N) is 2. The van der Waals surface area contributed by atoms with Gasteiger partial charge in [-0.3, -0.25) is 9.59 Å². The molecule has 0 atom stereocenters. The van der Waals surface area contributed by atoms with Gasteiger partial charge in [-0.25, -0.2) is 0 Å². The Balaban J connectivity index is 2.22. The summed E-state index contributed by atoms with van der Waals surface area (Å²) in [7, 11) is 0. The molecule has 2 rings (SSSR count). The third kappa shape index (κ3) is 6.19. The molecule has 2 aromatic rings. The number of halogens is 1. The van der Waals surface area contributed by atoms with Gasteiger partial charge in [0, 0.05) is 16.6 Å². The largest absolute Gasteiger partial charge is 0.351 e. The highest BCUT2D eigenvalue weighted by Crippen LogP contribution is 2.14. The molecule has 0 aliphatic heterocycles. The predicted octanol–water partition coefficient (Wildman–Crippen LogP) is 4.14. The Kier molecular flexibility index (Phi) is 7.41. The van der Waals surface area contributed by atoms with Gasteiger partial charge in [-0.05, 0) is 42.3 Å². The number of rotatable bonds is 7. The molecule has 2 N–H and O–H groups in total. The van der Waals surface area contributed by atoms with Crippen LogP contribution in [0, 0.1) is 0 Å². The van der Waals surface area contributed by atoms with Gasteiger partial charge in [0.15, 0.2) is 0 Å². The monoisotopic (exact) mass is 400 g/mol. The van der Waals surface area contributed by atoms with Crippen molar-refractivity contribution >= 4 is 33.8 Å². The van der Waals surface area contributed by atoms with E-state index in [2.05, 4.69) is 33.5 Å². The standard InChI is InChI=1S/C20H21BrN2O2/c1-2-3-12-22-20(25)18(14-15-8-7-11-17(21)13-15)23-19(24)16-9-5-4-6-10-16/h4-11,13-14H,2-3,12H2,1H3,(H,22,25)(H,23,24)/b18-14+. The molecule has 25 heavy (non-hydrogen) atoms. The molecule has 0 aliphatic carbocycles. The first-order chi connectivity index (χ1) is 12.1. The SMILES string of the molecule is CCCCNC(=O)/C(=C\c1cccc(Br)c1)NC(=O)c1ccccc1. The molecule has 4 nitrogen and oxygen atoms in total. The summed E-state index contributed by atoms with van der Waals surface area (Å²) in [6.07, 6.45) is 3.55. The minimum Gasteiger partial charge on any atom is -0.351 e. The van der Waals surface area contributed by atoms with E-state index in [1.165, 1.54) is 0 Å². The first-order valence-electron chi connectivity index (χ1n) is 8.22. The molecular formula is C20H21BrN2O2. The number of carbonyl (C=O) groups excluding carboxylic acids is 2. The van der Waals surface area contributed by atoms with Crippen LogP contribution in [0.1, 0.15) is 35.7 Å². The number of hydrogen-bond donors (Lipinski definition) is 2. The Morgan fingerprint density at radius 2 is 1.84 bits per heavy atom. The van der Waals surface area contributed by atoms with Gasteiger partial charge in [0.05, 0.1) is 0 Å². The minimum absolute atomic E-state index is 0.225. The molecule has 0 saturated carbocycles. The van der Waals surface area contributed by atoms with Crippen molar-refractivity contribution in [1.29, 1.82) is 0 Å². The number of carbonyl (C=O) groups is 2. The lowest BCUT2D eigenvalue weighted by molar-refractivity contribution is -0.117. The summed E-state index contributed by atoms with van der Waals surface area (Å²) >= 11 is 3.41. The molecule has 0 heterocycles. The molecular weight excluding hydrogens is 380 g/mol. The smallest absolute Gasteiger partial charge is 0.267 e. The third-order valence-electron chi connectivity index (χ3n) is 3.50. The molecule has 0 aromatic heterocycles. The van der Waals surface area contributed by atoms with Crippen LogP contribution in [0.2, 0.25) is 0 Å². The highest BCUT2D eigenvalue weighted by molar-refractivity contribution is 9.10. The summed E-state index contributed by atoms with van der Waals surface area (Å²) in [5.41, 5.74) is 1.55. The van der Waals surface area contributed by atoms with Crippen LogP contribution in [0.25, 0.3) is 6.08 Å².